The van der Waals surface area contributed by atoms with Crippen LogP contribution in [0.4, 0.5) is 45.2 Å². The van der Waals surface area contributed by atoms with Crippen molar-refractivity contribution in [3.63, 3.8) is 0 Å². The molecule has 1 aliphatic rings. The predicted molar refractivity (Wildman–Crippen MR) is 144 cm³/mol. The second kappa shape index (κ2) is 12.2. The molecule has 3 atom stereocenters. The quantitative estimate of drug-likeness (QED) is 0.174. The first-order valence-corrected chi connectivity index (χ1v) is 13.6. The minimum atomic E-state index is -4.89. The molecule has 15 heteroatoms. The third-order valence-electron chi connectivity index (χ3n) is 7.68. The largest absolute Gasteiger partial charge is 0.467 e. The van der Waals surface area contributed by atoms with Crippen LogP contribution in [0.25, 0.3) is 11.1 Å². The van der Waals surface area contributed by atoms with E-state index >= 15 is 0 Å². The summed E-state index contributed by atoms with van der Waals surface area (Å²) in [5.41, 5.74) is -2.42. The maximum atomic E-state index is 14.3. The van der Waals surface area contributed by atoms with Crippen molar-refractivity contribution in [1.82, 2.24) is 9.88 Å². The SMILES string of the molecule is Cc1ccc(NC(=O)C2CC(C(F)(F)F)CN(C(=O)c3ccc(-c4cc(F)c(F)cc4F)cn3)C2c2ccco2)cc1C(F)(F)F. The number of pyridine rings is 1. The first-order valence-electron chi connectivity index (χ1n) is 13.6. The number of likely N-dealkylation sites (tertiary alicyclic amines) is 1. The van der Waals surface area contributed by atoms with Crippen LogP contribution in [0.5, 0.6) is 0 Å². The fraction of sp³-hybridized carbons (Fsp3) is 0.258. The van der Waals surface area contributed by atoms with E-state index in [4.69, 9.17) is 4.42 Å². The van der Waals surface area contributed by atoms with Crippen LogP contribution < -0.4 is 5.32 Å². The van der Waals surface area contributed by atoms with Crippen LogP contribution in [0.2, 0.25) is 0 Å². The van der Waals surface area contributed by atoms with Gasteiger partial charge in [0, 0.05) is 35.6 Å². The normalized spacial score (nSPS) is 18.8. The van der Waals surface area contributed by atoms with Gasteiger partial charge < -0.3 is 14.6 Å². The van der Waals surface area contributed by atoms with E-state index in [-0.39, 0.29) is 22.6 Å². The van der Waals surface area contributed by atoms with Gasteiger partial charge in [-0.3, -0.25) is 14.6 Å². The predicted octanol–water partition coefficient (Wildman–Crippen LogP) is 8.11. The molecule has 1 aliphatic heterocycles. The molecular weight excluding hydrogens is 633 g/mol. The van der Waals surface area contributed by atoms with Gasteiger partial charge in [0.05, 0.1) is 23.7 Å². The van der Waals surface area contributed by atoms with E-state index in [2.05, 4.69) is 10.3 Å². The number of benzene rings is 2. The zero-order valence-electron chi connectivity index (χ0n) is 23.5. The van der Waals surface area contributed by atoms with Gasteiger partial charge in [-0.15, -0.1) is 0 Å². The summed E-state index contributed by atoms with van der Waals surface area (Å²) in [4.78, 5) is 31.9. The molecule has 1 fully saturated rings. The van der Waals surface area contributed by atoms with Crippen molar-refractivity contribution in [2.45, 2.75) is 31.7 Å². The van der Waals surface area contributed by atoms with Gasteiger partial charge in [-0.1, -0.05) is 12.1 Å². The molecule has 3 heterocycles. The lowest BCUT2D eigenvalue weighted by atomic mass is 9.80. The highest BCUT2D eigenvalue weighted by Crippen LogP contribution is 2.45. The standard InChI is InChI=1S/C31H22F9N3O3/c1-15-4-6-18(10-21(15)31(38,39)40)42-28(44)20-9-17(30(35,36)37)14-43(27(20)26-3-2-8-46-26)29(45)25-7-5-16(13-41-25)19-11-23(33)24(34)12-22(19)32/h2-8,10-13,17,20,27H,9,14H2,1H3,(H,42,44). The van der Waals surface area contributed by atoms with Gasteiger partial charge in [0.2, 0.25) is 5.91 Å². The molecule has 2 aromatic carbocycles. The van der Waals surface area contributed by atoms with Crippen molar-refractivity contribution in [2.75, 3.05) is 11.9 Å². The number of amides is 2. The van der Waals surface area contributed by atoms with Crippen molar-refractivity contribution < 1.29 is 53.5 Å². The van der Waals surface area contributed by atoms with Crippen molar-refractivity contribution in [3.8, 4) is 11.1 Å². The number of hydrogen-bond acceptors (Lipinski definition) is 4. The monoisotopic (exact) mass is 655 g/mol. The molecule has 0 radical (unpaired) electrons. The average Bonchev–Trinajstić information content (AvgIpc) is 3.53. The minimum Gasteiger partial charge on any atom is -0.467 e. The summed E-state index contributed by atoms with van der Waals surface area (Å²) in [6, 6.07) is 7.23. The summed E-state index contributed by atoms with van der Waals surface area (Å²) < 4.78 is 130. The number of rotatable bonds is 5. The van der Waals surface area contributed by atoms with Crippen molar-refractivity contribution in [1.29, 1.82) is 0 Å². The van der Waals surface area contributed by atoms with Crippen molar-refractivity contribution in [2.24, 2.45) is 11.8 Å². The summed E-state index contributed by atoms with van der Waals surface area (Å²) in [5, 5.41) is 2.26. The third kappa shape index (κ3) is 6.58. The van der Waals surface area contributed by atoms with Crippen LogP contribution >= 0.6 is 0 Å². The van der Waals surface area contributed by atoms with Gasteiger partial charge >= 0.3 is 12.4 Å². The fourth-order valence-corrected chi connectivity index (χ4v) is 5.40. The summed E-state index contributed by atoms with van der Waals surface area (Å²) >= 11 is 0. The molecule has 46 heavy (non-hydrogen) atoms. The molecule has 2 amide bonds. The number of nitrogens with one attached hydrogen (secondary N) is 1. The molecule has 2 aromatic heterocycles. The number of aromatic nitrogens is 1. The van der Waals surface area contributed by atoms with Gasteiger partial charge in [0.1, 0.15) is 23.3 Å². The first-order chi connectivity index (χ1) is 21.5. The molecule has 242 valence electrons. The Bertz CT molecular complexity index is 1750. The Balaban J connectivity index is 1.51. The first kappa shape index (κ1) is 32.6. The molecule has 5 rings (SSSR count). The summed E-state index contributed by atoms with van der Waals surface area (Å²) in [6.45, 7) is 0.274. The van der Waals surface area contributed by atoms with E-state index < -0.39 is 89.3 Å². The fourth-order valence-electron chi connectivity index (χ4n) is 5.40. The number of carbonyl (C=O) groups is 2. The third-order valence-corrected chi connectivity index (χ3v) is 7.68. The highest BCUT2D eigenvalue weighted by molar-refractivity contribution is 5.96. The van der Waals surface area contributed by atoms with E-state index in [1.807, 2.05) is 0 Å². The summed E-state index contributed by atoms with van der Waals surface area (Å²) in [6.07, 6.45) is -8.38. The van der Waals surface area contributed by atoms with E-state index in [1.165, 1.54) is 31.4 Å². The Hall–Kier alpha value is -4.82. The molecule has 3 unspecified atom stereocenters. The lowest BCUT2D eigenvalue weighted by molar-refractivity contribution is -0.194. The number of carbonyl (C=O) groups excluding carboxylic acids is 2. The molecule has 0 spiro atoms. The van der Waals surface area contributed by atoms with Crippen LogP contribution in [-0.4, -0.2) is 34.4 Å². The number of hydrogen-bond donors (Lipinski definition) is 1. The van der Waals surface area contributed by atoms with E-state index in [9.17, 15) is 49.1 Å². The van der Waals surface area contributed by atoms with Gasteiger partial charge in [-0.25, -0.2) is 13.2 Å². The molecule has 0 saturated carbocycles. The number of nitrogens with zero attached hydrogens (tertiary/aromatic N) is 2. The van der Waals surface area contributed by atoms with Crippen LogP contribution in [0.15, 0.2) is 71.5 Å². The van der Waals surface area contributed by atoms with Crippen molar-refractivity contribution >= 4 is 17.5 Å². The maximum Gasteiger partial charge on any atom is 0.416 e. The number of anilines is 1. The second-order valence-corrected chi connectivity index (χ2v) is 10.7. The molecule has 0 bridgehead atoms. The average molecular weight is 656 g/mol. The van der Waals surface area contributed by atoms with E-state index in [0.717, 1.165) is 29.3 Å². The van der Waals surface area contributed by atoms with E-state index in [1.54, 1.807) is 0 Å². The second-order valence-electron chi connectivity index (χ2n) is 10.7. The molecule has 0 aliphatic carbocycles. The summed E-state index contributed by atoms with van der Waals surface area (Å²) in [5.74, 6) is -10.0. The van der Waals surface area contributed by atoms with Gasteiger partial charge in [0.25, 0.3) is 5.91 Å². The Morgan fingerprint density at radius 3 is 2.26 bits per heavy atom. The highest BCUT2D eigenvalue weighted by Gasteiger charge is 2.52. The van der Waals surface area contributed by atoms with E-state index in [0.29, 0.717) is 18.2 Å². The van der Waals surface area contributed by atoms with Crippen molar-refractivity contribution in [3.05, 3.63) is 107 Å². The summed E-state index contributed by atoms with van der Waals surface area (Å²) in [7, 11) is 0. The molecule has 4 aromatic rings. The Labute approximate surface area is 254 Å². The minimum absolute atomic E-state index is 0.0732. The maximum absolute atomic E-state index is 14.3. The lowest BCUT2D eigenvalue weighted by Gasteiger charge is -2.43. The Morgan fingerprint density at radius 1 is 0.935 bits per heavy atom. The van der Waals surface area contributed by atoms with Gasteiger partial charge in [-0.2, -0.15) is 26.3 Å². The lowest BCUT2D eigenvalue weighted by Crippen LogP contribution is -2.52. The number of alkyl halides is 6. The van der Waals surface area contributed by atoms with Crippen LogP contribution in [0.1, 0.15) is 39.8 Å². The topological polar surface area (TPSA) is 75.4 Å². The molecular formula is C31H22F9N3O3. The number of furan rings is 1. The van der Waals surface area contributed by atoms with Gasteiger partial charge in [-0.05, 0) is 55.3 Å². The number of piperidine rings is 1. The molecule has 1 N–H and O–H groups in total. The zero-order chi connectivity index (χ0) is 33.6. The smallest absolute Gasteiger partial charge is 0.416 e. The Kier molecular flexibility index (Phi) is 8.62. The highest BCUT2D eigenvalue weighted by atomic mass is 19.4. The van der Waals surface area contributed by atoms with Crippen LogP contribution in [0.3, 0.4) is 0 Å². The zero-order valence-corrected chi connectivity index (χ0v) is 23.5. The van der Waals surface area contributed by atoms with Crippen LogP contribution in [0, 0.1) is 36.2 Å². The Morgan fingerprint density at radius 2 is 1.65 bits per heavy atom. The number of halogens is 9. The van der Waals surface area contributed by atoms with Crippen LogP contribution in [-0.2, 0) is 11.0 Å². The van der Waals surface area contributed by atoms with Gasteiger partial charge in [0.15, 0.2) is 11.6 Å². The number of aryl methyl sites for hydroxylation is 1. The molecule has 1 saturated heterocycles. The molecule has 6 nitrogen and oxygen atoms in total.